The van der Waals surface area contributed by atoms with Crippen molar-refractivity contribution >= 4 is 17.2 Å². The Morgan fingerprint density at radius 2 is 2.29 bits per heavy atom. The van der Waals surface area contributed by atoms with E-state index in [9.17, 15) is 4.79 Å². The number of nitrogens with one attached hydrogen (secondary N) is 1. The van der Waals surface area contributed by atoms with Gasteiger partial charge in [-0.1, -0.05) is 13.8 Å². The molecule has 0 aliphatic carbocycles. The molecule has 1 aromatic rings. The van der Waals surface area contributed by atoms with Crippen LogP contribution >= 0.6 is 11.3 Å². The van der Waals surface area contributed by atoms with Gasteiger partial charge in [-0.3, -0.25) is 4.79 Å². The van der Waals surface area contributed by atoms with Crippen molar-refractivity contribution in [3.8, 4) is 0 Å². The van der Waals surface area contributed by atoms with Gasteiger partial charge in [0.25, 0.3) is 0 Å². The third kappa shape index (κ3) is 4.44. The normalized spacial score (nSPS) is 14.4. The summed E-state index contributed by atoms with van der Waals surface area (Å²) >= 11 is 1.65. The van der Waals surface area contributed by atoms with E-state index in [0.29, 0.717) is 6.42 Å². The molecule has 0 aromatic carbocycles. The van der Waals surface area contributed by atoms with Gasteiger partial charge in [0.2, 0.25) is 5.91 Å². The number of aryl methyl sites for hydroxylation is 1. The fraction of sp³-hybridized carbons (Fsp3) is 0.667. The summed E-state index contributed by atoms with van der Waals surface area (Å²) in [6.07, 6.45) is 4.06. The lowest BCUT2D eigenvalue weighted by Gasteiger charge is -2.13. The van der Waals surface area contributed by atoms with Crippen molar-refractivity contribution in [1.82, 2.24) is 10.3 Å². The van der Waals surface area contributed by atoms with Gasteiger partial charge >= 0.3 is 0 Å². The Morgan fingerprint density at radius 3 is 2.82 bits per heavy atom. The zero-order valence-electron chi connectivity index (χ0n) is 10.7. The van der Waals surface area contributed by atoms with Crippen molar-refractivity contribution in [3.05, 3.63) is 16.1 Å². The largest absolute Gasteiger partial charge is 0.347 e. The number of nitrogens with zero attached hydrogens (tertiary/aromatic N) is 1. The molecule has 0 saturated heterocycles. The molecule has 2 atom stereocenters. The number of thiazole rings is 1. The SMILES string of the molecule is CCc1cnc(C(C)NC(=O)CC(N)CC)s1. The second kappa shape index (κ2) is 6.71. The Morgan fingerprint density at radius 1 is 1.59 bits per heavy atom. The van der Waals surface area contributed by atoms with E-state index in [0.717, 1.165) is 17.8 Å². The zero-order valence-corrected chi connectivity index (χ0v) is 11.5. The third-order valence-electron chi connectivity index (χ3n) is 2.64. The molecule has 0 spiro atoms. The van der Waals surface area contributed by atoms with Gasteiger partial charge in [-0.2, -0.15) is 0 Å². The first-order valence-corrected chi connectivity index (χ1v) is 6.88. The first-order chi connectivity index (χ1) is 8.06. The Balaban J connectivity index is 2.48. The van der Waals surface area contributed by atoms with Gasteiger partial charge in [0.15, 0.2) is 0 Å². The third-order valence-corrected chi connectivity index (χ3v) is 3.96. The molecule has 0 radical (unpaired) electrons. The van der Waals surface area contributed by atoms with E-state index in [1.807, 2.05) is 20.0 Å². The lowest BCUT2D eigenvalue weighted by atomic mass is 10.1. The van der Waals surface area contributed by atoms with Crippen molar-refractivity contribution in [1.29, 1.82) is 0 Å². The average molecular weight is 255 g/mol. The van der Waals surface area contributed by atoms with Crippen LogP contribution in [0.5, 0.6) is 0 Å². The van der Waals surface area contributed by atoms with Crippen molar-refractivity contribution in [3.63, 3.8) is 0 Å². The zero-order chi connectivity index (χ0) is 12.8. The lowest BCUT2D eigenvalue weighted by Crippen LogP contribution is -2.32. The Labute approximate surface area is 107 Å². The van der Waals surface area contributed by atoms with E-state index in [4.69, 9.17) is 5.73 Å². The highest BCUT2D eigenvalue weighted by Crippen LogP contribution is 2.20. The molecule has 1 heterocycles. The van der Waals surface area contributed by atoms with Gasteiger partial charge in [-0.25, -0.2) is 4.98 Å². The number of carbonyl (C=O) groups is 1. The number of amides is 1. The Hall–Kier alpha value is -0.940. The number of rotatable bonds is 6. The van der Waals surface area contributed by atoms with Gasteiger partial charge in [0.1, 0.15) is 5.01 Å². The standard InChI is InChI=1S/C12H21N3OS/c1-4-9(13)6-11(16)15-8(3)12-14-7-10(5-2)17-12/h7-9H,4-6,13H2,1-3H3,(H,15,16). The van der Waals surface area contributed by atoms with Crippen LogP contribution in [0.2, 0.25) is 0 Å². The highest BCUT2D eigenvalue weighted by Gasteiger charge is 2.14. The smallest absolute Gasteiger partial charge is 0.222 e. The van der Waals surface area contributed by atoms with Crippen molar-refractivity contribution < 1.29 is 4.79 Å². The first kappa shape index (κ1) is 14.1. The molecule has 1 amide bonds. The number of hydrogen-bond donors (Lipinski definition) is 2. The molecule has 0 saturated carbocycles. The predicted molar refractivity (Wildman–Crippen MR) is 70.9 cm³/mol. The van der Waals surface area contributed by atoms with Crippen LogP contribution in [-0.4, -0.2) is 16.9 Å². The molecule has 0 aliphatic heterocycles. The number of carbonyl (C=O) groups excluding carboxylic acids is 1. The van der Waals surface area contributed by atoms with Crippen LogP contribution in [0, 0.1) is 0 Å². The molecule has 0 fully saturated rings. The van der Waals surface area contributed by atoms with E-state index >= 15 is 0 Å². The summed E-state index contributed by atoms with van der Waals surface area (Å²) in [5.41, 5.74) is 5.74. The summed E-state index contributed by atoms with van der Waals surface area (Å²) in [6.45, 7) is 6.03. The van der Waals surface area contributed by atoms with Crippen molar-refractivity contribution in [2.75, 3.05) is 0 Å². The minimum atomic E-state index is -0.0512. The van der Waals surface area contributed by atoms with Crippen LogP contribution in [0.1, 0.15) is 49.5 Å². The van der Waals surface area contributed by atoms with Crippen LogP contribution in [0.15, 0.2) is 6.20 Å². The second-order valence-electron chi connectivity index (χ2n) is 4.18. The van der Waals surface area contributed by atoms with E-state index < -0.39 is 0 Å². The molecule has 5 heteroatoms. The van der Waals surface area contributed by atoms with E-state index in [1.165, 1.54) is 4.88 Å². The first-order valence-electron chi connectivity index (χ1n) is 6.06. The number of nitrogens with two attached hydrogens (primary N) is 1. The Bertz CT molecular complexity index is 364. The number of aromatic nitrogens is 1. The van der Waals surface area contributed by atoms with Crippen LogP contribution < -0.4 is 11.1 Å². The fourth-order valence-electron chi connectivity index (χ4n) is 1.43. The van der Waals surface area contributed by atoms with Crippen LogP contribution in [0.25, 0.3) is 0 Å². The van der Waals surface area contributed by atoms with Gasteiger partial charge in [0.05, 0.1) is 6.04 Å². The average Bonchev–Trinajstić information content (AvgIpc) is 2.77. The molecule has 0 aliphatic rings. The van der Waals surface area contributed by atoms with Gasteiger partial charge in [0, 0.05) is 23.5 Å². The maximum absolute atomic E-state index is 11.7. The molecule has 0 bridgehead atoms. The van der Waals surface area contributed by atoms with E-state index in [-0.39, 0.29) is 18.0 Å². The summed E-state index contributed by atoms with van der Waals surface area (Å²) in [6, 6.07) is -0.0819. The molecule has 3 N–H and O–H groups in total. The highest BCUT2D eigenvalue weighted by molar-refractivity contribution is 7.11. The van der Waals surface area contributed by atoms with Crippen LogP contribution in [-0.2, 0) is 11.2 Å². The van der Waals surface area contributed by atoms with E-state index in [1.54, 1.807) is 11.3 Å². The molecule has 1 rings (SSSR count). The van der Waals surface area contributed by atoms with Crippen molar-refractivity contribution in [2.24, 2.45) is 5.73 Å². The summed E-state index contributed by atoms with van der Waals surface area (Å²) < 4.78 is 0. The molecule has 96 valence electrons. The Kier molecular flexibility index (Phi) is 5.58. The lowest BCUT2D eigenvalue weighted by molar-refractivity contribution is -0.122. The quantitative estimate of drug-likeness (QED) is 0.817. The van der Waals surface area contributed by atoms with Gasteiger partial charge in [-0.05, 0) is 19.8 Å². The summed E-state index contributed by atoms with van der Waals surface area (Å²) in [4.78, 5) is 17.2. The minimum absolute atomic E-state index is 0.0000912. The summed E-state index contributed by atoms with van der Waals surface area (Å²) in [7, 11) is 0. The topological polar surface area (TPSA) is 68.0 Å². The van der Waals surface area contributed by atoms with Gasteiger partial charge in [-0.15, -0.1) is 11.3 Å². The molecule has 2 unspecified atom stereocenters. The maximum Gasteiger partial charge on any atom is 0.222 e. The maximum atomic E-state index is 11.7. The predicted octanol–water partition coefficient (Wildman–Crippen LogP) is 2.01. The molecule has 17 heavy (non-hydrogen) atoms. The van der Waals surface area contributed by atoms with E-state index in [2.05, 4.69) is 17.2 Å². The monoisotopic (exact) mass is 255 g/mol. The summed E-state index contributed by atoms with van der Waals surface area (Å²) in [5, 5.41) is 3.89. The molecular formula is C12H21N3OS. The fourth-order valence-corrected chi connectivity index (χ4v) is 2.29. The molecular weight excluding hydrogens is 234 g/mol. The summed E-state index contributed by atoms with van der Waals surface area (Å²) in [5.74, 6) is 0.0000912. The second-order valence-corrected chi connectivity index (χ2v) is 5.33. The molecule has 1 aromatic heterocycles. The number of hydrogen-bond acceptors (Lipinski definition) is 4. The van der Waals surface area contributed by atoms with Crippen LogP contribution in [0.4, 0.5) is 0 Å². The minimum Gasteiger partial charge on any atom is -0.347 e. The van der Waals surface area contributed by atoms with Gasteiger partial charge < -0.3 is 11.1 Å². The highest BCUT2D eigenvalue weighted by atomic mass is 32.1. The molecule has 4 nitrogen and oxygen atoms in total. The van der Waals surface area contributed by atoms with Crippen LogP contribution in [0.3, 0.4) is 0 Å². The van der Waals surface area contributed by atoms with Crippen molar-refractivity contribution in [2.45, 2.75) is 52.1 Å².